The molecule has 4 aliphatic rings. The van der Waals surface area contributed by atoms with Crippen LogP contribution in [0.4, 0.5) is 11.4 Å². The normalized spacial score (nSPS) is 26.0. The smallest absolute Gasteiger partial charge is 0.385 e. The van der Waals surface area contributed by atoms with Crippen LogP contribution in [0, 0.1) is 0 Å². The van der Waals surface area contributed by atoms with Gasteiger partial charge >= 0.3 is 559 Å². The van der Waals surface area contributed by atoms with Gasteiger partial charge in [0, 0.05) is 34.3 Å². The predicted molar refractivity (Wildman–Crippen MR) is 369 cm³/mol. The number of anilines is 2. The molecule has 0 unspecified atom stereocenters. The van der Waals surface area contributed by atoms with Gasteiger partial charge in [-0.25, -0.2) is 58.6 Å². The van der Waals surface area contributed by atoms with E-state index < -0.39 is 293 Å². The summed E-state index contributed by atoms with van der Waals surface area (Å²) in [5.41, 5.74) is -4.23. The quantitative estimate of drug-likeness (QED) is 0.0166. The molecule has 0 saturated carbocycles. The van der Waals surface area contributed by atoms with E-state index in [2.05, 4.69) is 69.2 Å². The van der Waals surface area contributed by atoms with Crippen molar-refractivity contribution in [2.75, 3.05) is 50.2 Å². The van der Waals surface area contributed by atoms with Gasteiger partial charge in [0.2, 0.25) is 0 Å². The molecule has 94 heteroatoms. The number of ether oxygens (including phenoxy) is 6. The summed E-state index contributed by atoms with van der Waals surface area (Å²) in [5.74, 6) is 0. The molecule has 698 valence electrons. The van der Waals surface area contributed by atoms with E-state index in [0.29, 0.717) is 0 Å². The zero-order chi connectivity index (χ0) is 91.1. The van der Waals surface area contributed by atoms with Crippen LogP contribution in [-0.2, 0) is 233 Å². The minimum absolute atomic E-state index is 0. The summed E-state index contributed by atoms with van der Waals surface area (Å²) < 4.78 is 569. The first-order valence-electron chi connectivity index (χ1n) is 30.1. The van der Waals surface area contributed by atoms with Gasteiger partial charge in [0.15, 0.2) is 24.8 Å². The van der Waals surface area contributed by atoms with Crippen molar-refractivity contribution >= 4 is 180 Å². The zero-order valence-electron chi connectivity index (χ0n) is 71.2. The Hall–Kier alpha value is 10.7. The topological polar surface area (TPSA) is 970 Å². The molecule has 64 nitrogen and oxygen atoms in total. The predicted octanol–water partition coefficient (Wildman–Crippen LogP) is -48.9. The van der Waals surface area contributed by atoms with Gasteiger partial charge in [0.05, 0.1) is 26.4 Å². The average molecular weight is 2400 g/mol. The summed E-state index contributed by atoms with van der Waals surface area (Å²) in [4.78, 5) is -0.294. The summed E-state index contributed by atoms with van der Waals surface area (Å²) in [6, 6.07) is 9.72. The Bertz CT molecular complexity index is 5300. The van der Waals surface area contributed by atoms with Crippen molar-refractivity contribution in [3.05, 3.63) is 48.5 Å². The third-order valence-corrected chi connectivity index (χ3v) is 23.0. The Morgan fingerprint density at radius 1 is 0.231 bits per heavy atom. The summed E-state index contributed by atoms with van der Waals surface area (Å²) >= 11 is 0.414. The van der Waals surface area contributed by atoms with Crippen LogP contribution in [-0.4, -0.2) is 342 Å². The van der Waals surface area contributed by atoms with Crippen molar-refractivity contribution in [1.29, 1.82) is 0 Å². The van der Waals surface area contributed by atoms with Gasteiger partial charge in [-0.3, -0.25) is 63.7 Å². The maximum Gasteiger partial charge on any atom is 1.00 e. The Kier molecular flexibility index (Phi) is 82.9. The number of benzene rings is 2. The molecule has 0 radical (unpaired) electrons. The largest absolute Gasteiger partial charge is 1.00 e. The Morgan fingerprint density at radius 3 is 0.612 bits per heavy atom. The maximum absolute atomic E-state index is 12.6. The van der Waals surface area contributed by atoms with E-state index in [0.717, 1.165) is 24.3 Å². The van der Waals surface area contributed by atoms with Crippen LogP contribution in [0.1, 0.15) is 12.8 Å². The molecular formula is C40H60N2Na14O62S16+14. The summed E-state index contributed by atoms with van der Waals surface area (Å²) in [6.45, 7) is -7.30. The summed E-state index contributed by atoms with van der Waals surface area (Å²) in [6.07, 6.45) is -55.3. The molecule has 2 aromatic rings. The Balaban J connectivity index is -0.00000159. The van der Waals surface area contributed by atoms with E-state index in [1.165, 1.54) is 24.3 Å². The number of hydrogen-bond acceptors (Lipinski definition) is 52. The van der Waals surface area contributed by atoms with Crippen molar-refractivity contribution in [3.63, 3.8) is 0 Å². The van der Waals surface area contributed by atoms with E-state index in [1.807, 2.05) is 0 Å². The van der Waals surface area contributed by atoms with Crippen molar-refractivity contribution in [1.82, 2.24) is 0 Å². The van der Waals surface area contributed by atoms with Crippen LogP contribution in [0.5, 0.6) is 0 Å². The second kappa shape index (κ2) is 68.5. The standard InChI is InChI=1S/C40H60N2O62S16.14Na/c43-107(44,45)85-13-21-25(93-37-33(101-117(73,74)75)31(99-115(67,68)69)27(95-111(55,56)57)23(89-37)15-87-109(49,50)51)29(97-113(61,62)63)35(103-119(79,80)81)39(91-21)105-19-7-3-17(4-8-19)41-11-1-2-12-42-18-5-9-20(10-6-18)106-40-36(104-120(82,83)84)30(98-114(64,65)66)26(22(92-40)14-86-108(46,47)48)94-38-34(102-118(76,77)78)32(100-116(70,71)72)28(96-112(58,59)60)24(90-38)16-88-110(52,53)54;;;;;;;;;;;;;;/h3-10,21-42H,1-2,11-16H2,(H,43,44,45)(H,46,47,48)(H,49,50,51)(H,52,53,54)(H,55,56,57)(H,58,59,60)(H,61,62,63)(H,64,65,66)(H,67,68,69)(H,70,71,72)(H,73,74,75)(H,76,77,78)(H,79,80,81)(H,82,83,84);;;;;;;;;;;;;;/q;14*+1/t21-,22-,23-,24-,25-,26-,27-,28-,29+,30+,31+,32+,33-,34-,35-,36-,37+,38+,39+,40+;;;;;;;;;;;;;;/m1............../s1. The number of unbranched alkanes of at least 4 members (excludes halogenated alkanes) is 1. The monoisotopic (exact) mass is 2390 g/mol. The molecule has 2 aromatic carbocycles. The van der Waals surface area contributed by atoms with E-state index in [4.69, 9.17) is 28.4 Å². The van der Waals surface area contributed by atoms with Crippen LogP contribution in [0.3, 0.4) is 0 Å². The van der Waals surface area contributed by atoms with Gasteiger partial charge in [0.1, 0.15) is 96.3 Å². The summed E-state index contributed by atoms with van der Waals surface area (Å²) in [7, 11) is -84.9. The Morgan fingerprint density at radius 2 is 0.410 bits per heavy atom. The van der Waals surface area contributed by atoms with Gasteiger partial charge in [0.25, 0.3) is 0 Å². The molecule has 0 amide bonds. The van der Waals surface area contributed by atoms with Crippen LogP contribution in [0.2, 0.25) is 0 Å². The third-order valence-electron chi connectivity index (χ3n) is 14.3. The van der Waals surface area contributed by atoms with Crippen molar-refractivity contribution in [2.45, 2.75) is 144 Å². The number of thioether (sulfide) groups is 2. The van der Waals surface area contributed by atoms with Crippen molar-refractivity contribution in [3.8, 4) is 0 Å². The van der Waals surface area contributed by atoms with E-state index in [1.54, 1.807) is 0 Å². The number of rotatable bonds is 47. The van der Waals surface area contributed by atoms with Gasteiger partial charge in [-0.1, -0.05) is 23.5 Å². The first-order chi connectivity index (χ1) is 54.1. The molecule has 4 aliphatic heterocycles. The van der Waals surface area contributed by atoms with Gasteiger partial charge in [-0.15, -0.1) is 0 Å². The molecule has 0 aromatic heterocycles. The molecule has 0 spiro atoms. The maximum atomic E-state index is 12.6. The van der Waals surface area contributed by atoms with Crippen LogP contribution < -0.4 is 424 Å². The first-order valence-corrected chi connectivity index (χ1v) is 51.0. The van der Waals surface area contributed by atoms with Gasteiger partial charge in [-0.2, -0.15) is 118 Å². The van der Waals surface area contributed by atoms with Crippen molar-refractivity contribution in [2.24, 2.45) is 0 Å². The second-order valence-corrected chi connectivity index (χ2v) is 40.1. The molecule has 6 rings (SSSR count). The van der Waals surface area contributed by atoms with Crippen LogP contribution in [0.25, 0.3) is 0 Å². The molecule has 16 N–H and O–H groups in total. The van der Waals surface area contributed by atoms with E-state index >= 15 is 0 Å². The third kappa shape index (κ3) is 65.1. The number of nitrogens with one attached hydrogen (secondary N) is 2. The van der Waals surface area contributed by atoms with Gasteiger partial charge in [-0.05, 0) is 61.4 Å². The van der Waals surface area contributed by atoms with Crippen molar-refractivity contribution < 1.29 is 682 Å². The molecule has 4 fully saturated rings. The van der Waals surface area contributed by atoms with Crippen LogP contribution in [0.15, 0.2) is 58.3 Å². The molecular weight excluding hydrogens is 2340 g/mol. The fourth-order valence-corrected chi connectivity index (χ4v) is 19.0. The fraction of sp³-hybridized carbons (Fsp3) is 0.700. The van der Waals surface area contributed by atoms with E-state index in [-0.39, 0.29) is 484 Å². The first kappa shape index (κ1) is 162. The average Bonchev–Trinajstić information content (AvgIpc) is 0.756. The van der Waals surface area contributed by atoms with Crippen LogP contribution >= 0.6 is 23.5 Å². The van der Waals surface area contributed by atoms with Gasteiger partial charge < -0.3 is 39.1 Å². The summed E-state index contributed by atoms with van der Waals surface area (Å²) in [5, 5.41) is 5.92. The SMILES string of the molecule is O=S(=O)(O)OC[C@H]1O[C@@H](Sc2ccc(NCCCCNc3ccc(S[C@@H]4O[C@H](COS(=O)(=O)O)[C@@H](O[C@@H]5O[C@H](COS(=O)(=O)O)[C@@H](OS(=O)(=O)O)[C@H](OS(=O)(=O)O)[C@H]5OS(=O)(=O)O)[C@H](OS(=O)(=O)O)[C@H]4OS(=O)(=O)O)cc3)cc2)[C@H](OS(=O)(=O)O)[C@@H](OS(=O)(=O)O)[C@@H]1O[C@@H]1O[C@H](COS(=O)(=O)O)[C@@H](OS(=O)(=O)O)[C@H](OS(=O)(=O)O)[C@H]1OS(=O)(=O)O.[Na+].[Na+].[Na+].[Na+].[Na+].[Na+].[Na+].[Na+].[Na+].[Na+].[Na+].[Na+].[Na+].[Na+]. The zero-order valence-corrected chi connectivity index (χ0v) is 112. The molecule has 134 heavy (non-hydrogen) atoms. The number of hydrogen-bond donors (Lipinski definition) is 16. The molecule has 0 aliphatic carbocycles. The molecule has 20 atom stereocenters. The fourth-order valence-electron chi connectivity index (χ4n) is 10.5. The minimum atomic E-state index is -6.27. The molecule has 0 bridgehead atoms. The second-order valence-electron chi connectivity index (χ2n) is 23.0. The Labute approximate surface area is 1080 Å². The molecule has 4 saturated heterocycles. The van der Waals surface area contributed by atoms with E-state index in [9.17, 15) is 182 Å². The molecule has 4 heterocycles. The minimum Gasteiger partial charge on any atom is -0.385 e.